The number of amides is 1. The molecule has 1 aromatic heterocycles. The number of ether oxygens (including phenoxy) is 1. The van der Waals surface area contributed by atoms with E-state index in [1.165, 1.54) is 7.11 Å². The number of hydrogen-bond acceptors (Lipinski definition) is 5. The lowest BCUT2D eigenvalue weighted by Crippen LogP contribution is -2.16. The summed E-state index contributed by atoms with van der Waals surface area (Å²) in [6.07, 6.45) is 1.97. The van der Waals surface area contributed by atoms with E-state index in [1.54, 1.807) is 49.5 Å². The van der Waals surface area contributed by atoms with Crippen molar-refractivity contribution in [3.63, 3.8) is 0 Å². The SMILES string of the molecule is COC(=O)c1cccc(C)c1NC(=O)CCc1ncc(-c2ccc(Cl)cc2Cl)o1. The number of rotatable bonds is 6. The van der Waals surface area contributed by atoms with E-state index < -0.39 is 5.97 Å². The summed E-state index contributed by atoms with van der Waals surface area (Å²) >= 11 is 12.1. The predicted octanol–water partition coefficient (Wildman–Crippen LogP) is 5.31. The van der Waals surface area contributed by atoms with Gasteiger partial charge in [0.25, 0.3) is 0 Å². The van der Waals surface area contributed by atoms with Crippen molar-refractivity contribution in [1.29, 1.82) is 0 Å². The fourth-order valence-corrected chi connectivity index (χ4v) is 3.28. The van der Waals surface area contributed by atoms with Crippen molar-refractivity contribution >= 4 is 40.8 Å². The van der Waals surface area contributed by atoms with Gasteiger partial charge < -0.3 is 14.5 Å². The number of aromatic nitrogens is 1. The van der Waals surface area contributed by atoms with E-state index in [9.17, 15) is 9.59 Å². The van der Waals surface area contributed by atoms with Crippen LogP contribution in [0.1, 0.15) is 28.2 Å². The Balaban J connectivity index is 1.67. The molecule has 150 valence electrons. The standard InChI is InChI=1S/C21H18Cl2N2O4/c1-12-4-3-5-15(21(27)28-2)20(12)25-18(26)8-9-19-24-11-17(29-19)14-7-6-13(22)10-16(14)23/h3-7,10-11H,8-9H2,1-2H3,(H,25,26). The van der Waals surface area contributed by atoms with E-state index in [4.69, 9.17) is 32.4 Å². The van der Waals surface area contributed by atoms with Gasteiger partial charge in [-0.2, -0.15) is 0 Å². The highest BCUT2D eigenvalue weighted by Crippen LogP contribution is 2.31. The maximum Gasteiger partial charge on any atom is 0.339 e. The average molecular weight is 433 g/mol. The molecule has 0 saturated carbocycles. The van der Waals surface area contributed by atoms with Crippen LogP contribution in [0.2, 0.25) is 10.0 Å². The number of nitrogens with zero attached hydrogens (tertiary/aromatic N) is 1. The van der Waals surface area contributed by atoms with Crippen molar-refractivity contribution < 1.29 is 18.7 Å². The molecule has 3 rings (SSSR count). The molecule has 0 aliphatic rings. The topological polar surface area (TPSA) is 81.4 Å². The molecule has 0 spiro atoms. The second-order valence-electron chi connectivity index (χ2n) is 6.28. The van der Waals surface area contributed by atoms with Crippen LogP contribution in [-0.4, -0.2) is 24.0 Å². The summed E-state index contributed by atoms with van der Waals surface area (Å²) in [5.41, 5.74) is 2.17. The number of carbonyl (C=O) groups is 2. The van der Waals surface area contributed by atoms with Crippen LogP contribution in [0.3, 0.4) is 0 Å². The van der Waals surface area contributed by atoms with Gasteiger partial charge in [0.15, 0.2) is 11.7 Å². The Morgan fingerprint density at radius 2 is 2.00 bits per heavy atom. The molecule has 0 bridgehead atoms. The highest BCUT2D eigenvalue weighted by Gasteiger charge is 2.17. The third-order valence-corrected chi connectivity index (χ3v) is 4.81. The summed E-state index contributed by atoms with van der Waals surface area (Å²) in [6.45, 7) is 1.80. The average Bonchev–Trinajstić information content (AvgIpc) is 3.16. The third kappa shape index (κ3) is 4.96. The Hall–Kier alpha value is -2.83. The monoisotopic (exact) mass is 432 g/mol. The van der Waals surface area contributed by atoms with Crippen LogP contribution < -0.4 is 5.32 Å². The van der Waals surface area contributed by atoms with Gasteiger partial charge in [0.2, 0.25) is 5.91 Å². The van der Waals surface area contributed by atoms with Gasteiger partial charge in [0.05, 0.1) is 29.6 Å². The lowest BCUT2D eigenvalue weighted by atomic mass is 10.1. The quantitative estimate of drug-likeness (QED) is 0.533. The number of nitrogens with one attached hydrogen (secondary N) is 1. The van der Waals surface area contributed by atoms with E-state index in [0.29, 0.717) is 38.5 Å². The van der Waals surface area contributed by atoms with E-state index in [-0.39, 0.29) is 18.7 Å². The van der Waals surface area contributed by atoms with Crippen LogP contribution in [-0.2, 0) is 16.0 Å². The van der Waals surface area contributed by atoms with Gasteiger partial charge in [-0.05, 0) is 36.8 Å². The number of anilines is 1. The fourth-order valence-electron chi connectivity index (χ4n) is 2.78. The van der Waals surface area contributed by atoms with Crippen LogP contribution in [0.25, 0.3) is 11.3 Å². The van der Waals surface area contributed by atoms with Crippen LogP contribution in [0.15, 0.2) is 47.0 Å². The number of esters is 1. The van der Waals surface area contributed by atoms with Crippen molar-refractivity contribution in [2.24, 2.45) is 0 Å². The maximum absolute atomic E-state index is 12.4. The highest BCUT2D eigenvalue weighted by atomic mass is 35.5. The van der Waals surface area contributed by atoms with Crippen molar-refractivity contribution in [3.05, 3.63) is 69.7 Å². The molecule has 2 aromatic carbocycles. The first kappa shape index (κ1) is 20.9. The van der Waals surface area contributed by atoms with Gasteiger partial charge in [-0.3, -0.25) is 4.79 Å². The summed E-state index contributed by atoms with van der Waals surface area (Å²) < 4.78 is 10.5. The molecule has 6 nitrogen and oxygen atoms in total. The zero-order chi connectivity index (χ0) is 21.0. The summed E-state index contributed by atoms with van der Waals surface area (Å²) in [7, 11) is 1.30. The summed E-state index contributed by atoms with van der Waals surface area (Å²) in [5, 5.41) is 3.75. The summed E-state index contributed by atoms with van der Waals surface area (Å²) in [6, 6.07) is 10.2. The number of methoxy groups -OCH3 is 1. The predicted molar refractivity (Wildman–Crippen MR) is 111 cm³/mol. The number of benzene rings is 2. The minimum atomic E-state index is -0.513. The second-order valence-corrected chi connectivity index (χ2v) is 7.12. The zero-order valence-electron chi connectivity index (χ0n) is 15.8. The summed E-state index contributed by atoms with van der Waals surface area (Å²) in [5.74, 6) is 0.114. The highest BCUT2D eigenvalue weighted by molar-refractivity contribution is 6.36. The van der Waals surface area contributed by atoms with Crippen molar-refractivity contribution in [2.75, 3.05) is 12.4 Å². The molecule has 0 unspecified atom stereocenters. The molecule has 0 aliphatic carbocycles. The number of para-hydroxylation sites is 1. The molecule has 1 N–H and O–H groups in total. The third-order valence-electron chi connectivity index (χ3n) is 4.26. The van der Waals surface area contributed by atoms with E-state index >= 15 is 0 Å². The van der Waals surface area contributed by atoms with Crippen molar-refractivity contribution in [1.82, 2.24) is 4.98 Å². The molecular weight excluding hydrogens is 415 g/mol. The molecular formula is C21H18Cl2N2O4. The molecule has 0 saturated heterocycles. The van der Waals surface area contributed by atoms with Crippen LogP contribution in [0.4, 0.5) is 5.69 Å². The van der Waals surface area contributed by atoms with Crippen molar-refractivity contribution in [3.8, 4) is 11.3 Å². The number of carbonyl (C=O) groups excluding carboxylic acids is 2. The maximum atomic E-state index is 12.4. The number of hydrogen-bond donors (Lipinski definition) is 1. The number of aryl methyl sites for hydroxylation is 2. The van der Waals surface area contributed by atoms with E-state index in [2.05, 4.69) is 10.3 Å². The molecule has 29 heavy (non-hydrogen) atoms. The summed E-state index contributed by atoms with van der Waals surface area (Å²) in [4.78, 5) is 28.5. The van der Waals surface area contributed by atoms with Crippen molar-refractivity contribution in [2.45, 2.75) is 19.8 Å². The largest absolute Gasteiger partial charge is 0.465 e. The van der Waals surface area contributed by atoms with E-state index in [1.807, 2.05) is 0 Å². The second kappa shape index (κ2) is 9.11. The first-order valence-corrected chi connectivity index (χ1v) is 9.52. The molecule has 0 aliphatic heterocycles. The Labute approximate surface area is 177 Å². The van der Waals surface area contributed by atoms with Gasteiger partial charge in [-0.25, -0.2) is 9.78 Å². The Morgan fingerprint density at radius 1 is 1.21 bits per heavy atom. The Kier molecular flexibility index (Phi) is 6.56. The lowest BCUT2D eigenvalue weighted by molar-refractivity contribution is -0.116. The Bertz CT molecular complexity index is 1060. The minimum absolute atomic E-state index is 0.128. The molecule has 0 fully saturated rings. The smallest absolute Gasteiger partial charge is 0.339 e. The normalized spacial score (nSPS) is 10.6. The zero-order valence-corrected chi connectivity index (χ0v) is 17.3. The Morgan fingerprint density at radius 3 is 2.72 bits per heavy atom. The minimum Gasteiger partial charge on any atom is -0.465 e. The lowest BCUT2D eigenvalue weighted by Gasteiger charge is -2.12. The van der Waals surface area contributed by atoms with Crippen LogP contribution in [0.5, 0.6) is 0 Å². The first-order chi connectivity index (χ1) is 13.9. The first-order valence-electron chi connectivity index (χ1n) is 8.77. The molecule has 8 heteroatoms. The van der Waals surface area contributed by atoms with Crippen LogP contribution >= 0.6 is 23.2 Å². The molecule has 0 radical (unpaired) electrons. The molecule has 1 heterocycles. The molecule has 3 aromatic rings. The molecule has 1 amide bonds. The number of oxazole rings is 1. The van der Waals surface area contributed by atoms with Gasteiger partial charge in [-0.1, -0.05) is 35.3 Å². The molecule has 0 atom stereocenters. The van der Waals surface area contributed by atoms with Gasteiger partial charge in [0, 0.05) is 23.4 Å². The van der Waals surface area contributed by atoms with E-state index in [0.717, 1.165) is 5.56 Å². The van der Waals surface area contributed by atoms with Gasteiger partial charge in [0.1, 0.15) is 0 Å². The van der Waals surface area contributed by atoms with Crippen LogP contribution in [0, 0.1) is 6.92 Å². The number of halogens is 2. The fraction of sp³-hybridized carbons (Fsp3) is 0.190. The van der Waals surface area contributed by atoms with Gasteiger partial charge in [-0.15, -0.1) is 0 Å². The van der Waals surface area contributed by atoms with Gasteiger partial charge >= 0.3 is 5.97 Å².